The SMILES string of the molecule is COc1c(Br)ccc2c1CCC2CN. The zero-order valence-electron chi connectivity index (χ0n) is 8.22. The lowest BCUT2D eigenvalue weighted by molar-refractivity contribution is 0.407. The van der Waals surface area contributed by atoms with Crippen molar-refractivity contribution in [2.75, 3.05) is 13.7 Å². The van der Waals surface area contributed by atoms with Gasteiger partial charge in [-0.25, -0.2) is 0 Å². The molecule has 1 aliphatic rings. The highest BCUT2D eigenvalue weighted by Crippen LogP contribution is 2.41. The van der Waals surface area contributed by atoms with Crippen LogP contribution in [0.1, 0.15) is 23.5 Å². The lowest BCUT2D eigenvalue weighted by Crippen LogP contribution is -2.09. The first-order valence-electron chi connectivity index (χ1n) is 4.83. The fraction of sp³-hybridized carbons (Fsp3) is 0.455. The molecule has 0 saturated heterocycles. The van der Waals surface area contributed by atoms with Crippen LogP contribution in [0, 0.1) is 0 Å². The zero-order chi connectivity index (χ0) is 10.1. The summed E-state index contributed by atoms with van der Waals surface area (Å²) in [5.74, 6) is 1.51. The second-order valence-electron chi connectivity index (χ2n) is 3.62. The molecule has 0 radical (unpaired) electrons. The molecule has 3 heteroatoms. The predicted molar refractivity (Wildman–Crippen MR) is 60.8 cm³/mol. The smallest absolute Gasteiger partial charge is 0.136 e. The molecule has 0 saturated carbocycles. The van der Waals surface area contributed by atoms with Crippen molar-refractivity contribution in [2.45, 2.75) is 18.8 Å². The Bertz CT molecular complexity index is 351. The third kappa shape index (κ3) is 1.44. The predicted octanol–water partition coefficient (Wildman–Crippen LogP) is 2.45. The van der Waals surface area contributed by atoms with Gasteiger partial charge in [-0.15, -0.1) is 0 Å². The first kappa shape index (κ1) is 9.99. The molecule has 2 rings (SSSR count). The number of nitrogens with two attached hydrogens (primary N) is 1. The highest BCUT2D eigenvalue weighted by atomic mass is 79.9. The van der Waals surface area contributed by atoms with Crippen LogP contribution in [-0.4, -0.2) is 13.7 Å². The summed E-state index contributed by atoms with van der Waals surface area (Å²) in [7, 11) is 1.72. The van der Waals surface area contributed by atoms with E-state index in [2.05, 4.69) is 22.0 Å². The third-order valence-corrected chi connectivity index (χ3v) is 3.54. The van der Waals surface area contributed by atoms with E-state index in [-0.39, 0.29) is 0 Å². The lowest BCUT2D eigenvalue weighted by Gasteiger charge is -2.11. The van der Waals surface area contributed by atoms with Gasteiger partial charge in [0.1, 0.15) is 5.75 Å². The minimum atomic E-state index is 0.520. The number of ether oxygens (including phenoxy) is 1. The van der Waals surface area contributed by atoms with Crippen molar-refractivity contribution in [2.24, 2.45) is 5.73 Å². The highest BCUT2D eigenvalue weighted by molar-refractivity contribution is 9.10. The molecule has 0 fully saturated rings. The molecule has 0 bridgehead atoms. The van der Waals surface area contributed by atoms with E-state index in [4.69, 9.17) is 10.5 Å². The molecule has 1 unspecified atom stereocenters. The van der Waals surface area contributed by atoms with Gasteiger partial charge in [0.05, 0.1) is 11.6 Å². The largest absolute Gasteiger partial charge is 0.495 e. The van der Waals surface area contributed by atoms with Gasteiger partial charge < -0.3 is 10.5 Å². The van der Waals surface area contributed by atoms with Crippen LogP contribution in [0.4, 0.5) is 0 Å². The zero-order valence-corrected chi connectivity index (χ0v) is 9.80. The summed E-state index contributed by atoms with van der Waals surface area (Å²) in [6.45, 7) is 0.734. The Kier molecular flexibility index (Phi) is 2.79. The van der Waals surface area contributed by atoms with Gasteiger partial charge in [0, 0.05) is 0 Å². The number of methoxy groups -OCH3 is 1. The van der Waals surface area contributed by atoms with E-state index in [0.29, 0.717) is 5.92 Å². The van der Waals surface area contributed by atoms with Crippen molar-refractivity contribution in [1.82, 2.24) is 0 Å². The summed E-state index contributed by atoms with van der Waals surface area (Å²) in [4.78, 5) is 0. The normalized spacial score (nSPS) is 19.5. The Morgan fingerprint density at radius 1 is 1.57 bits per heavy atom. The van der Waals surface area contributed by atoms with Crippen molar-refractivity contribution in [3.8, 4) is 5.75 Å². The molecular weight excluding hydrogens is 242 g/mol. The van der Waals surface area contributed by atoms with Gasteiger partial charge in [-0.05, 0) is 58.4 Å². The maximum absolute atomic E-state index is 5.73. The van der Waals surface area contributed by atoms with Crippen LogP contribution in [-0.2, 0) is 6.42 Å². The van der Waals surface area contributed by atoms with Crippen LogP contribution < -0.4 is 10.5 Å². The van der Waals surface area contributed by atoms with Gasteiger partial charge in [-0.2, -0.15) is 0 Å². The summed E-state index contributed by atoms with van der Waals surface area (Å²) >= 11 is 3.50. The number of fused-ring (bicyclic) bond motifs is 1. The van der Waals surface area contributed by atoms with Crippen molar-refractivity contribution in [3.05, 3.63) is 27.7 Å². The molecule has 1 aromatic carbocycles. The molecule has 1 atom stereocenters. The summed E-state index contributed by atoms with van der Waals surface area (Å²) < 4.78 is 6.43. The second-order valence-corrected chi connectivity index (χ2v) is 4.47. The fourth-order valence-electron chi connectivity index (χ4n) is 2.19. The molecule has 0 aliphatic heterocycles. The number of halogens is 1. The molecule has 1 aromatic rings. The first-order valence-corrected chi connectivity index (χ1v) is 5.62. The standard InChI is InChI=1S/C11H14BrNO/c1-14-11-9-3-2-7(6-13)8(9)4-5-10(11)12/h4-5,7H,2-3,6,13H2,1H3. The summed E-state index contributed by atoms with van der Waals surface area (Å²) in [5.41, 5.74) is 8.42. The van der Waals surface area contributed by atoms with E-state index in [0.717, 1.165) is 29.6 Å². The van der Waals surface area contributed by atoms with Gasteiger partial charge in [0.2, 0.25) is 0 Å². The average molecular weight is 256 g/mol. The minimum Gasteiger partial charge on any atom is -0.495 e. The van der Waals surface area contributed by atoms with Crippen molar-refractivity contribution in [3.63, 3.8) is 0 Å². The maximum atomic E-state index is 5.73. The van der Waals surface area contributed by atoms with Crippen LogP contribution in [0.2, 0.25) is 0 Å². The molecule has 0 amide bonds. The van der Waals surface area contributed by atoms with E-state index in [1.165, 1.54) is 11.1 Å². The summed E-state index contributed by atoms with van der Waals surface area (Å²) in [6, 6.07) is 4.21. The molecule has 0 aromatic heterocycles. The number of hydrogen-bond donors (Lipinski definition) is 1. The topological polar surface area (TPSA) is 35.2 Å². The monoisotopic (exact) mass is 255 g/mol. The van der Waals surface area contributed by atoms with Gasteiger partial charge in [-0.1, -0.05) is 6.07 Å². The van der Waals surface area contributed by atoms with E-state index in [1.807, 2.05) is 6.07 Å². The van der Waals surface area contributed by atoms with E-state index < -0.39 is 0 Å². The van der Waals surface area contributed by atoms with Gasteiger partial charge in [0.25, 0.3) is 0 Å². The molecule has 14 heavy (non-hydrogen) atoms. The van der Waals surface area contributed by atoms with Crippen LogP contribution in [0.5, 0.6) is 5.75 Å². The first-order chi connectivity index (χ1) is 6.77. The van der Waals surface area contributed by atoms with E-state index in [1.54, 1.807) is 7.11 Å². The van der Waals surface area contributed by atoms with E-state index >= 15 is 0 Å². The summed E-state index contributed by atoms with van der Waals surface area (Å²) in [6.07, 6.45) is 2.23. The molecule has 0 heterocycles. The Labute approximate surface area is 92.6 Å². The highest BCUT2D eigenvalue weighted by Gasteiger charge is 2.25. The average Bonchev–Trinajstić information content (AvgIpc) is 2.60. The Balaban J connectivity index is 2.50. The molecule has 2 nitrogen and oxygen atoms in total. The van der Waals surface area contributed by atoms with Gasteiger partial charge in [-0.3, -0.25) is 0 Å². The van der Waals surface area contributed by atoms with Crippen molar-refractivity contribution >= 4 is 15.9 Å². The molecule has 0 spiro atoms. The molecule has 1 aliphatic carbocycles. The minimum absolute atomic E-state index is 0.520. The van der Waals surface area contributed by atoms with Crippen LogP contribution >= 0.6 is 15.9 Å². The number of hydrogen-bond acceptors (Lipinski definition) is 2. The van der Waals surface area contributed by atoms with Gasteiger partial charge >= 0.3 is 0 Å². The number of rotatable bonds is 2. The molecule has 76 valence electrons. The number of benzene rings is 1. The van der Waals surface area contributed by atoms with Crippen LogP contribution in [0.15, 0.2) is 16.6 Å². The fourth-order valence-corrected chi connectivity index (χ4v) is 2.73. The third-order valence-electron chi connectivity index (χ3n) is 2.92. The second kappa shape index (κ2) is 3.91. The van der Waals surface area contributed by atoms with Crippen LogP contribution in [0.3, 0.4) is 0 Å². The molecule has 2 N–H and O–H groups in total. The van der Waals surface area contributed by atoms with Crippen LogP contribution in [0.25, 0.3) is 0 Å². The lowest BCUT2D eigenvalue weighted by atomic mass is 10.0. The van der Waals surface area contributed by atoms with Crippen molar-refractivity contribution in [1.29, 1.82) is 0 Å². The maximum Gasteiger partial charge on any atom is 0.136 e. The Morgan fingerprint density at radius 3 is 3.00 bits per heavy atom. The van der Waals surface area contributed by atoms with Gasteiger partial charge in [0.15, 0.2) is 0 Å². The Morgan fingerprint density at radius 2 is 2.36 bits per heavy atom. The molecular formula is C11H14BrNO. The van der Waals surface area contributed by atoms with Crippen molar-refractivity contribution < 1.29 is 4.74 Å². The summed E-state index contributed by atoms with van der Waals surface area (Å²) in [5, 5.41) is 0. The quantitative estimate of drug-likeness (QED) is 0.882. The van der Waals surface area contributed by atoms with E-state index in [9.17, 15) is 0 Å². The Hall–Kier alpha value is -0.540.